The number of carbonyl (C=O) groups excluding carboxylic acids is 1. The first-order chi connectivity index (χ1) is 16.2. The number of carbonyl (C=O) groups is 1. The molecule has 5 unspecified atom stereocenters. The molecule has 192 valence electrons. The minimum atomic E-state index is -0.836. The van der Waals surface area contributed by atoms with Crippen LogP contribution < -0.4 is 11.2 Å². The number of aromatic nitrogens is 2. The Morgan fingerprint density at radius 3 is 2.71 bits per heavy atom. The second kappa shape index (κ2) is 14.8. The molecule has 2 heterocycles. The molecule has 1 aromatic rings. The van der Waals surface area contributed by atoms with Crippen molar-refractivity contribution >= 4 is 25.9 Å². The van der Waals surface area contributed by atoms with Gasteiger partial charge in [0.2, 0.25) is 0 Å². The molecule has 1 aliphatic heterocycles. The highest BCUT2D eigenvalue weighted by Crippen LogP contribution is 2.36. The van der Waals surface area contributed by atoms with Gasteiger partial charge in [-0.3, -0.25) is 19.1 Å². The smallest absolute Gasteiger partial charge is 0.330 e. The molecular formula is C21H33N2O9PS. The number of ether oxygens (including phenoxy) is 4. The van der Waals surface area contributed by atoms with E-state index in [1.165, 1.54) is 35.7 Å². The highest BCUT2D eigenvalue weighted by atomic mass is 32.2. The number of hydrogen-bond donors (Lipinski definition) is 1. The predicted molar refractivity (Wildman–Crippen MR) is 129 cm³/mol. The average molecular weight is 521 g/mol. The highest BCUT2D eigenvalue weighted by molar-refractivity contribution is 8.13. The first-order valence-corrected chi connectivity index (χ1v) is 12.6. The van der Waals surface area contributed by atoms with E-state index in [-0.39, 0.29) is 26.7 Å². The zero-order valence-electron chi connectivity index (χ0n) is 19.8. The van der Waals surface area contributed by atoms with Gasteiger partial charge < -0.3 is 28.0 Å². The molecule has 1 fully saturated rings. The molecule has 0 spiro atoms. The highest BCUT2D eigenvalue weighted by Gasteiger charge is 2.47. The van der Waals surface area contributed by atoms with Crippen LogP contribution in [0.3, 0.4) is 0 Å². The number of H-pyrrole nitrogens is 1. The Hall–Kier alpha value is -1.53. The van der Waals surface area contributed by atoms with Crippen LogP contribution in [-0.4, -0.2) is 72.3 Å². The number of nitrogens with zero attached hydrogens (tertiary/aromatic N) is 1. The molecule has 0 aromatic carbocycles. The molecule has 34 heavy (non-hydrogen) atoms. The summed E-state index contributed by atoms with van der Waals surface area (Å²) in [6.07, 6.45) is -1.33. The van der Waals surface area contributed by atoms with Crippen molar-refractivity contribution < 1.29 is 32.8 Å². The van der Waals surface area contributed by atoms with Crippen molar-refractivity contribution in [1.29, 1.82) is 0 Å². The molecule has 13 heteroatoms. The van der Waals surface area contributed by atoms with E-state index in [4.69, 9.17) is 28.0 Å². The fourth-order valence-corrected chi connectivity index (χ4v) is 4.38. The maximum absolute atomic E-state index is 12.3. The lowest BCUT2D eigenvalue weighted by atomic mass is 10.1. The molecule has 0 amide bonds. The number of rotatable bonds is 15. The van der Waals surface area contributed by atoms with Gasteiger partial charge in [-0.25, -0.2) is 4.79 Å². The molecule has 11 nitrogen and oxygen atoms in total. The summed E-state index contributed by atoms with van der Waals surface area (Å²) in [6.45, 7) is 10.4. The summed E-state index contributed by atoms with van der Waals surface area (Å²) < 4.78 is 35.3. The maximum atomic E-state index is 12.3. The van der Waals surface area contributed by atoms with Crippen molar-refractivity contribution in [3.8, 4) is 0 Å². The molecule has 0 saturated carbocycles. The van der Waals surface area contributed by atoms with E-state index >= 15 is 0 Å². The Morgan fingerprint density at radius 2 is 2.06 bits per heavy atom. The molecule has 0 bridgehead atoms. The van der Waals surface area contributed by atoms with E-state index in [0.717, 1.165) is 0 Å². The van der Waals surface area contributed by atoms with Gasteiger partial charge in [0.15, 0.2) is 20.4 Å². The summed E-state index contributed by atoms with van der Waals surface area (Å²) in [5, 5.41) is 0.147. The standard InChI is InChI=1S/C21H33N2O9PS/c1-13(2)20(25)34-11-10-28-8-9-30-33-32-17-15(12-29-14(3)4)31-19(18(17)27-5)23-7-6-16(24)22-21(23)26/h6-7,13,15,17-19,33H,3,8-12H2,1-2,4-5H3,(H,22,24,26). The Balaban J connectivity index is 1.86. The van der Waals surface area contributed by atoms with Crippen molar-refractivity contribution in [2.45, 2.75) is 45.3 Å². The van der Waals surface area contributed by atoms with Crippen LogP contribution in [0.5, 0.6) is 0 Å². The van der Waals surface area contributed by atoms with E-state index in [0.29, 0.717) is 31.3 Å². The SMILES string of the molecule is C=C(C)OCC1OC(n2ccc(=O)[nH]c2=O)C(OC)C1OPOCCOCCSC(=O)C(C)C. The fourth-order valence-electron chi connectivity index (χ4n) is 3.01. The number of allylic oxidation sites excluding steroid dienone is 1. The molecule has 0 radical (unpaired) electrons. The van der Waals surface area contributed by atoms with Gasteiger partial charge in [0, 0.05) is 31.0 Å². The van der Waals surface area contributed by atoms with E-state index in [1.54, 1.807) is 6.92 Å². The molecule has 1 aliphatic rings. The van der Waals surface area contributed by atoms with Crippen molar-refractivity contribution in [3.05, 3.63) is 45.4 Å². The summed E-state index contributed by atoms with van der Waals surface area (Å²) >= 11 is 1.26. The lowest BCUT2D eigenvalue weighted by Crippen LogP contribution is -2.39. The van der Waals surface area contributed by atoms with Crippen LogP contribution in [0.1, 0.15) is 27.0 Å². The Morgan fingerprint density at radius 1 is 1.29 bits per heavy atom. The summed E-state index contributed by atoms with van der Waals surface area (Å²) in [7, 11) is 1.15. The maximum Gasteiger partial charge on any atom is 0.330 e. The van der Waals surface area contributed by atoms with Gasteiger partial charge in [-0.15, -0.1) is 0 Å². The molecule has 1 saturated heterocycles. The third kappa shape index (κ3) is 8.92. The van der Waals surface area contributed by atoms with E-state index in [1.807, 2.05) is 13.8 Å². The molecular weight excluding hydrogens is 487 g/mol. The lowest BCUT2D eigenvalue weighted by molar-refractivity contribution is -0.113. The van der Waals surface area contributed by atoms with Gasteiger partial charge in [-0.1, -0.05) is 32.2 Å². The Kier molecular flexibility index (Phi) is 12.5. The van der Waals surface area contributed by atoms with Gasteiger partial charge in [0.05, 0.1) is 25.6 Å². The van der Waals surface area contributed by atoms with Crippen LogP contribution in [-0.2, 0) is 32.8 Å². The zero-order valence-corrected chi connectivity index (χ0v) is 21.6. The number of thioether (sulfide) groups is 1. The fraction of sp³-hybridized carbons (Fsp3) is 0.667. The van der Waals surface area contributed by atoms with Gasteiger partial charge >= 0.3 is 5.69 Å². The van der Waals surface area contributed by atoms with Crippen molar-refractivity contribution in [2.75, 3.05) is 39.3 Å². The van der Waals surface area contributed by atoms with Gasteiger partial charge in [0.25, 0.3) is 5.56 Å². The average Bonchev–Trinajstić information content (AvgIpc) is 3.13. The number of methoxy groups -OCH3 is 1. The van der Waals surface area contributed by atoms with Crippen LogP contribution in [0.25, 0.3) is 0 Å². The molecule has 2 rings (SSSR count). The Labute approximate surface area is 204 Å². The zero-order chi connectivity index (χ0) is 25.1. The normalized spacial score (nSPS) is 22.6. The van der Waals surface area contributed by atoms with Crippen molar-refractivity contribution in [1.82, 2.24) is 9.55 Å². The lowest BCUT2D eigenvalue weighted by Gasteiger charge is -2.23. The van der Waals surface area contributed by atoms with Gasteiger partial charge in [0.1, 0.15) is 24.9 Å². The van der Waals surface area contributed by atoms with Crippen LogP contribution >= 0.6 is 20.8 Å². The van der Waals surface area contributed by atoms with Crippen LogP contribution in [0.2, 0.25) is 0 Å². The van der Waals surface area contributed by atoms with Crippen LogP contribution in [0.15, 0.2) is 34.2 Å². The summed E-state index contributed by atoms with van der Waals surface area (Å²) in [5.74, 6) is 1.11. The molecule has 0 aliphatic carbocycles. The first kappa shape index (κ1) is 28.7. The van der Waals surface area contributed by atoms with E-state index < -0.39 is 35.8 Å². The third-order valence-corrected chi connectivity index (χ3v) is 6.51. The van der Waals surface area contributed by atoms with E-state index in [9.17, 15) is 14.4 Å². The summed E-state index contributed by atoms with van der Waals surface area (Å²) in [4.78, 5) is 37.5. The minimum absolute atomic E-state index is 0.00852. The monoisotopic (exact) mass is 520 g/mol. The number of nitrogens with one attached hydrogen (secondary N) is 1. The minimum Gasteiger partial charge on any atom is -0.496 e. The predicted octanol–water partition coefficient (Wildman–Crippen LogP) is 1.84. The molecule has 5 atom stereocenters. The van der Waals surface area contributed by atoms with Crippen LogP contribution in [0.4, 0.5) is 0 Å². The van der Waals surface area contributed by atoms with Crippen LogP contribution in [0, 0.1) is 5.92 Å². The largest absolute Gasteiger partial charge is 0.496 e. The first-order valence-electron chi connectivity index (χ1n) is 10.8. The topological polar surface area (TPSA) is 127 Å². The summed E-state index contributed by atoms with van der Waals surface area (Å²) in [5.41, 5.74) is -1.13. The molecule has 1 N–H and O–H groups in total. The third-order valence-electron chi connectivity index (χ3n) is 4.69. The Bertz CT molecular complexity index is 907. The number of aromatic amines is 1. The van der Waals surface area contributed by atoms with Crippen molar-refractivity contribution in [3.63, 3.8) is 0 Å². The summed E-state index contributed by atoms with van der Waals surface area (Å²) in [6, 6.07) is 1.23. The van der Waals surface area contributed by atoms with Crippen molar-refractivity contribution in [2.24, 2.45) is 5.92 Å². The number of hydrogen-bond acceptors (Lipinski definition) is 10. The van der Waals surface area contributed by atoms with E-state index in [2.05, 4.69) is 11.6 Å². The van der Waals surface area contributed by atoms with Gasteiger partial charge in [-0.2, -0.15) is 0 Å². The second-order valence-electron chi connectivity index (χ2n) is 7.74. The second-order valence-corrected chi connectivity index (χ2v) is 9.54. The quantitative estimate of drug-likeness (QED) is 0.208. The van der Waals surface area contributed by atoms with Gasteiger partial charge in [-0.05, 0) is 6.92 Å². The molecule has 1 aromatic heterocycles.